The number of para-hydroxylation sites is 1. The second-order valence-corrected chi connectivity index (χ2v) is 8.15. The molecule has 2 aromatic heterocycles. The first-order valence-electron chi connectivity index (χ1n) is 11.4. The Hall–Kier alpha value is -4.97. The Morgan fingerprint density at radius 1 is 1.05 bits per heavy atom. The molecular weight excluding hydrogens is 475 g/mol. The minimum absolute atomic E-state index is 0.0466. The van der Waals surface area contributed by atoms with Crippen LogP contribution in [0.4, 0.5) is 10.2 Å². The van der Waals surface area contributed by atoms with Crippen LogP contribution in [0.3, 0.4) is 0 Å². The summed E-state index contributed by atoms with van der Waals surface area (Å²) >= 11 is 0. The molecule has 0 saturated carbocycles. The quantitative estimate of drug-likeness (QED) is 0.337. The Kier molecular flexibility index (Phi) is 7.59. The topological polar surface area (TPSA) is 106 Å². The number of nitriles is 1. The maximum absolute atomic E-state index is 13.3. The van der Waals surface area contributed by atoms with Gasteiger partial charge in [-0.2, -0.15) is 5.26 Å². The number of hydrogen-bond donors (Lipinski definition) is 1. The van der Waals surface area contributed by atoms with E-state index in [1.54, 1.807) is 54.0 Å². The number of benzene rings is 2. The molecule has 0 aliphatic rings. The number of rotatable bonds is 8. The lowest BCUT2D eigenvalue weighted by Gasteiger charge is -2.14. The predicted octanol–water partition coefficient (Wildman–Crippen LogP) is 5.15. The van der Waals surface area contributed by atoms with Crippen molar-refractivity contribution in [3.8, 4) is 17.7 Å². The molecule has 1 amide bonds. The standard InChI is InChI=1S/C28H23FN4O4/c1-18-19(2)33(16-20-10-12-21(29)13-11-20)26(24(18)15-30)32-25(34)17-36-28(35)23-9-6-14-31-27(23)37-22-7-4-3-5-8-22/h3-14H,16-17H2,1-2H3,(H,32,34). The van der Waals surface area contributed by atoms with Crippen molar-refractivity contribution in [2.24, 2.45) is 0 Å². The summed E-state index contributed by atoms with van der Waals surface area (Å²) in [5.41, 5.74) is 2.61. The van der Waals surface area contributed by atoms with Gasteiger partial charge >= 0.3 is 5.97 Å². The molecule has 9 heteroatoms. The van der Waals surface area contributed by atoms with Crippen molar-refractivity contribution in [2.75, 3.05) is 11.9 Å². The number of ether oxygens (including phenoxy) is 2. The Balaban J connectivity index is 1.48. The molecule has 0 bridgehead atoms. The molecule has 0 aliphatic heterocycles. The van der Waals surface area contributed by atoms with Gasteiger partial charge in [0.2, 0.25) is 5.88 Å². The van der Waals surface area contributed by atoms with Gasteiger partial charge in [-0.1, -0.05) is 30.3 Å². The lowest BCUT2D eigenvalue weighted by Crippen LogP contribution is -2.23. The van der Waals surface area contributed by atoms with Crippen molar-refractivity contribution in [1.82, 2.24) is 9.55 Å². The second-order valence-electron chi connectivity index (χ2n) is 8.15. The number of carbonyl (C=O) groups is 2. The van der Waals surface area contributed by atoms with Crippen LogP contribution in [0.2, 0.25) is 0 Å². The van der Waals surface area contributed by atoms with E-state index in [4.69, 9.17) is 9.47 Å². The molecule has 186 valence electrons. The van der Waals surface area contributed by atoms with E-state index in [1.807, 2.05) is 13.0 Å². The molecule has 0 fully saturated rings. The van der Waals surface area contributed by atoms with Gasteiger partial charge in [-0.3, -0.25) is 4.79 Å². The second kappa shape index (κ2) is 11.2. The van der Waals surface area contributed by atoms with Gasteiger partial charge < -0.3 is 19.4 Å². The molecular formula is C28H23FN4O4. The van der Waals surface area contributed by atoms with Gasteiger partial charge in [0.25, 0.3) is 5.91 Å². The zero-order chi connectivity index (χ0) is 26.4. The van der Waals surface area contributed by atoms with Gasteiger partial charge in [0, 0.05) is 18.4 Å². The van der Waals surface area contributed by atoms with Crippen LogP contribution in [-0.4, -0.2) is 28.0 Å². The maximum Gasteiger partial charge on any atom is 0.344 e. The minimum atomic E-state index is -0.788. The Morgan fingerprint density at radius 3 is 2.49 bits per heavy atom. The summed E-state index contributed by atoms with van der Waals surface area (Å²) in [4.78, 5) is 29.6. The van der Waals surface area contributed by atoms with Crippen molar-refractivity contribution in [1.29, 1.82) is 5.26 Å². The first-order chi connectivity index (χ1) is 17.9. The number of carbonyl (C=O) groups excluding carboxylic acids is 2. The van der Waals surface area contributed by atoms with E-state index < -0.39 is 18.5 Å². The van der Waals surface area contributed by atoms with Crippen molar-refractivity contribution in [2.45, 2.75) is 20.4 Å². The van der Waals surface area contributed by atoms with Crippen LogP contribution in [0.1, 0.15) is 32.7 Å². The molecule has 4 rings (SSSR count). The molecule has 0 aliphatic carbocycles. The molecule has 1 N–H and O–H groups in total. The third-order valence-electron chi connectivity index (χ3n) is 5.74. The molecule has 0 atom stereocenters. The Labute approximate surface area is 212 Å². The molecule has 8 nitrogen and oxygen atoms in total. The largest absolute Gasteiger partial charge is 0.452 e. The molecule has 2 aromatic carbocycles. The van der Waals surface area contributed by atoms with Crippen LogP contribution in [-0.2, 0) is 16.1 Å². The van der Waals surface area contributed by atoms with Gasteiger partial charge in [-0.25, -0.2) is 14.2 Å². The number of pyridine rings is 1. The van der Waals surface area contributed by atoms with E-state index in [0.717, 1.165) is 11.3 Å². The number of amides is 1. The predicted molar refractivity (Wildman–Crippen MR) is 134 cm³/mol. The van der Waals surface area contributed by atoms with E-state index in [0.29, 0.717) is 23.4 Å². The van der Waals surface area contributed by atoms with E-state index in [2.05, 4.69) is 16.4 Å². The van der Waals surface area contributed by atoms with Crippen LogP contribution >= 0.6 is 0 Å². The summed E-state index contributed by atoms with van der Waals surface area (Å²) in [6, 6.07) is 19.9. The summed E-state index contributed by atoms with van der Waals surface area (Å²) in [6.07, 6.45) is 1.48. The fourth-order valence-electron chi connectivity index (χ4n) is 3.71. The van der Waals surface area contributed by atoms with Crippen molar-refractivity contribution < 1.29 is 23.5 Å². The minimum Gasteiger partial charge on any atom is -0.452 e. The van der Waals surface area contributed by atoms with Crippen LogP contribution in [0.15, 0.2) is 72.9 Å². The smallest absolute Gasteiger partial charge is 0.344 e. The third kappa shape index (κ3) is 5.82. The highest BCUT2D eigenvalue weighted by atomic mass is 19.1. The van der Waals surface area contributed by atoms with E-state index in [9.17, 15) is 19.2 Å². The molecule has 2 heterocycles. The highest BCUT2D eigenvalue weighted by Gasteiger charge is 2.22. The number of halogens is 1. The van der Waals surface area contributed by atoms with Crippen LogP contribution < -0.4 is 10.1 Å². The van der Waals surface area contributed by atoms with E-state index in [1.165, 1.54) is 24.4 Å². The lowest BCUT2D eigenvalue weighted by atomic mass is 10.2. The molecule has 0 saturated heterocycles. The van der Waals surface area contributed by atoms with Crippen molar-refractivity contribution >= 4 is 17.7 Å². The summed E-state index contributed by atoms with van der Waals surface area (Å²) in [6.45, 7) is 3.32. The van der Waals surface area contributed by atoms with E-state index in [-0.39, 0.29) is 23.1 Å². The Bertz CT molecular complexity index is 1470. The highest BCUT2D eigenvalue weighted by Crippen LogP contribution is 2.28. The third-order valence-corrected chi connectivity index (χ3v) is 5.74. The maximum atomic E-state index is 13.3. The normalized spacial score (nSPS) is 10.4. The lowest BCUT2D eigenvalue weighted by molar-refractivity contribution is -0.119. The van der Waals surface area contributed by atoms with Crippen molar-refractivity contribution in [3.05, 3.63) is 107 Å². The van der Waals surface area contributed by atoms with E-state index >= 15 is 0 Å². The number of nitrogens with one attached hydrogen (secondary N) is 1. The van der Waals surface area contributed by atoms with Crippen LogP contribution in [0.5, 0.6) is 11.6 Å². The number of esters is 1. The van der Waals surface area contributed by atoms with Crippen LogP contribution in [0, 0.1) is 31.0 Å². The average molecular weight is 499 g/mol. The van der Waals surface area contributed by atoms with Gasteiger partial charge in [0.05, 0.1) is 5.56 Å². The molecule has 0 spiro atoms. The van der Waals surface area contributed by atoms with Gasteiger partial charge in [-0.15, -0.1) is 0 Å². The molecule has 37 heavy (non-hydrogen) atoms. The van der Waals surface area contributed by atoms with Gasteiger partial charge in [0.1, 0.15) is 29.0 Å². The fraction of sp³-hybridized carbons (Fsp3) is 0.143. The summed E-state index contributed by atoms with van der Waals surface area (Å²) in [5, 5.41) is 12.4. The molecule has 0 unspecified atom stereocenters. The van der Waals surface area contributed by atoms with Crippen LogP contribution in [0.25, 0.3) is 0 Å². The average Bonchev–Trinajstić information content (AvgIpc) is 3.13. The number of anilines is 1. The number of aromatic nitrogens is 2. The first-order valence-corrected chi connectivity index (χ1v) is 11.4. The summed E-state index contributed by atoms with van der Waals surface area (Å²) in [5.74, 6) is -0.962. The molecule has 4 aromatic rings. The fourth-order valence-corrected chi connectivity index (χ4v) is 3.71. The number of hydrogen-bond acceptors (Lipinski definition) is 6. The molecule has 0 radical (unpaired) electrons. The first kappa shape index (κ1) is 25.1. The zero-order valence-corrected chi connectivity index (χ0v) is 20.2. The number of nitrogens with zero attached hydrogens (tertiary/aromatic N) is 3. The monoisotopic (exact) mass is 498 g/mol. The van der Waals surface area contributed by atoms with Gasteiger partial charge in [-0.05, 0) is 61.4 Å². The summed E-state index contributed by atoms with van der Waals surface area (Å²) in [7, 11) is 0. The summed E-state index contributed by atoms with van der Waals surface area (Å²) < 4.78 is 26.0. The SMILES string of the molecule is Cc1c(C#N)c(NC(=O)COC(=O)c2cccnc2Oc2ccccc2)n(Cc2ccc(F)cc2)c1C. The zero-order valence-electron chi connectivity index (χ0n) is 20.2. The van der Waals surface area contributed by atoms with Crippen molar-refractivity contribution in [3.63, 3.8) is 0 Å². The highest BCUT2D eigenvalue weighted by molar-refractivity contribution is 5.97. The Morgan fingerprint density at radius 2 is 1.78 bits per heavy atom. The van der Waals surface area contributed by atoms with Gasteiger partial charge in [0.15, 0.2) is 6.61 Å².